The third kappa shape index (κ3) is 3.28. The zero-order valence-corrected chi connectivity index (χ0v) is 14.6. The normalized spacial score (nSPS) is 32.5. The molecular weight excluding hydrogens is 343 g/mol. The standard InChI is InChI=1S/C19H24F3N3O/c20-19(21,22)15-2-1-3-23-16(15)24-4-5-25-17(26)18-9-12-6-13(10-18)8-14(7-12)11-18/h1-3,12-14H,4-11H2,(H,23,24)(H,25,26). The molecule has 0 unspecified atom stereocenters. The molecule has 0 spiro atoms. The lowest BCUT2D eigenvalue weighted by atomic mass is 9.49. The summed E-state index contributed by atoms with van der Waals surface area (Å²) in [5.41, 5.74) is -1.01. The maximum absolute atomic E-state index is 13.0. The molecule has 0 saturated heterocycles. The SMILES string of the molecule is O=C(NCCNc1ncccc1C(F)(F)F)C12CC3CC(CC(C3)C1)C2. The van der Waals surface area contributed by atoms with Crippen molar-refractivity contribution in [1.82, 2.24) is 10.3 Å². The van der Waals surface area contributed by atoms with Gasteiger partial charge >= 0.3 is 6.18 Å². The minimum absolute atomic E-state index is 0.0930. The maximum atomic E-state index is 13.0. The molecule has 4 nitrogen and oxygen atoms in total. The van der Waals surface area contributed by atoms with Gasteiger partial charge in [0.05, 0.1) is 5.56 Å². The Morgan fingerprint density at radius 3 is 2.31 bits per heavy atom. The van der Waals surface area contributed by atoms with Gasteiger partial charge in [0.25, 0.3) is 0 Å². The molecule has 1 aromatic rings. The average molecular weight is 367 g/mol. The number of rotatable bonds is 5. The van der Waals surface area contributed by atoms with E-state index < -0.39 is 11.7 Å². The zero-order valence-electron chi connectivity index (χ0n) is 14.6. The number of carbonyl (C=O) groups excluding carboxylic acids is 1. The smallest absolute Gasteiger partial charge is 0.368 e. The van der Waals surface area contributed by atoms with E-state index in [0.717, 1.165) is 25.3 Å². The summed E-state index contributed by atoms with van der Waals surface area (Å²) in [5.74, 6) is 1.97. The molecule has 1 aromatic heterocycles. The van der Waals surface area contributed by atoms with Crippen LogP contribution in [0, 0.1) is 23.2 Å². The predicted molar refractivity (Wildman–Crippen MR) is 91.3 cm³/mol. The Bertz CT molecular complexity index is 654. The summed E-state index contributed by atoms with van der Waals surface area (Å²) < 4.78 is 38.9. The Labute approximate surface area is 151 Å². The number of alkyl halides is 3. The summed E-state index contributed by atoms with van der Waals surface area (Å²) in [6, 6.07) is 2.27. The van der Waals surface area contributed by atoms with Crippen molar-refractivity contribution in [2.75, 3.05) is 18.4 Å². The van der Waals surface area contributed by atoms with Gasteiger partial charge in [0.2, 0.25) is 5.91 Å². The lowest BCUT2D eigenvalue weighted by molar-refractivity contribution is -0.146. The van der Waals surface area contributed by atoms with Crippen molar-refractivity contribution in [2.24, 2.45) is 23.2 Å². The van der Waals surface area contributed by atoms with E-state index in [1.807, 2.05) is 0 Å². The molecule has 4 aliphatic carbocycles. The molecule has 2 N–H and O–H groups in total. The van der Waals surface area contributed by atoms with Gasteiger partial charge in [-0.05, 0) is 68.4 Å². The molecule has 1 amide bonds. The number of anilines is 1. The molecule has 4 saturated carbocycles. The van der Waals surface area contributed by atoms with E-state index in [9.17, 15) is 18.0 Å². The second-order valence-corrected chi connectivity index (χ2v) is 8.28. The molecule has 26 heavy (non-hydrogen) atoms. The Hall–Kier alpha value is -1.79. The number of halogens is 3. The van der Waals surface area contributed by atoms with Gasteiger partial charge in [-0.3, -0.25) is 4.79 Å². The number of amides is 1. The molecule has 7 heteroatoms. The van der Waals surface area contributed by atoms with Crippen LogP contribution in [0.2, 0.25) is 0 Å². The van der Waals surface area contributed by atoms with Crippen LogP contribution in [-0.2, 0) is 11.0 Å². The first kappa shape index (κ1) is 17.6. The van der Waals surface area contributed by atoms with Crippen LogP contribution in [0.25, 0.3) is 0 Å². The first-order valence-corrected chi connectivity index (χ1v) is 9.40. The van der Waals surface area contributed by atoms with Gasteiger partial charge in [0.1, 0.15) is 5.82 Å². The van der Waals surface area contributed by atoms with Gasteiger partial charge in [-0.2, -0.15) is 13.2 Å². The van der Waals surface area contributed by atoms with E-state index in [1.54, 1.807) is 0 Å². The minimum atomic E-state index is -4.45. The Kier molecular flexibility index (Phi) is 4.35. The lowest BCUT2D eigenvalue weighted by Crippen LogP contribution is -2.54. The summed E-state index contributed by atoms with van der Waals surface area (Å²) in [6.45, 7) is 0.520. The van der Waals surface area contributed by atoms with Crippen LogP contribution in [0.3, 0.4) is 0 Å². The van der Waals surface area contributed by atoms with Crippen LogP contribution in [0.5, 0.6) is 0 Å². The predicted octanol–water partition coefficient (Wildman–Crippen LogP) is 3.84. The van der Waals surface area contributed by atoms with Crippen molar-refractivity contribution in [2.45, 2.75) is 44.7 Å². The van der Waals surface area contributed by atoms with E-state index in [-0.39, 0.29) is 23.7 Å². The van der Waals surface area contributed by atoms with E-state index >= 15 is 0 Å². The number of aromatic nitrogens is 1. The lowest BCUT2D eigenvalue weighted by Gasteiger charge is -2.55. The largest absolute Gasteiger partial charge is 0.419 e. The van der Waals surface area contributed by atoms with Gasteiger partial charge in [-0.1, -0.05) is 0 Å². The van der Waals surface area contributed by atoms with Crippen LogP contribution in [0.4, 0.5) is 19.0 Å². The average Bonchev–Trinajstić information content (AvgIpc) is 2.57. The van der Waals surface area contributed by atoms with E-state index in [0.29, 0.717) is 24.3 Å². The van der Waals surface area contributed by atoms with Crippen molar-refractivity contribution < 1.29 is 18.0 Å². The van der Waals surface area contributed by atoms with Crippen LogP contribution in [0.1, 0.15) is 44.1 Å². The number of hydrogen-bond donors (Lipinski definition) is 2. The molecule has 4 bridgehead atoms. The summed E-state index contributed by atoms with van der Waals surface area (Å²) in [5, 5.41) is 5.66. The van der Waals surface area contributed by atoms with Crippen LogP contribution < -0.4 is 10.6 Å². The second-order valence-electron chi connectivity index (χ2n) is 8.28. The monoisotopic (exact) mass is 367 g/mol. The highest BCUT2D eigenvalue weighted by molar-refractivity contribution is 5.83. The fourth-order valence-corrected chi connectivity index (χ4v) is 5.71. The Balaban J connectivity index is 1.31. The molecule has 1 heterocycles. The van der Waals surface area contributed by atoms with Crippen LogP contribution in [-0.4, -0.2) is 24.0 Å². The van der Waals surface area contributed by atoms with Gasteiger partial charge in [0.15, 0.2) is 0 Å². The third-order valence-electron chi connectivity index (χ3n) is 6.34. The molecule has 0 atom stereocenters. The fraction of sp³-hybridized carbons (Fsp3) is 0.684. The van der Waals surface area contributed by atoms with Crippen molar-refractivity contribution >= 4 is 11.7 Å². The van der Waals surface area contributed by atoms with Crippen LogP contribution >= 0.6 is 0 Å². The first-order valence-electron chi connectivity index (χ1n) is 9.40. The fourth-order valence-electron chi connectivity index (χ4n) is 5.71. The van der Waals surface area contributed by atoms with Crippen molar-refractivity contribution in [3.8, 4) is 0 Å². The summed E-state index contributed by atoms with van der Waals surface area (Å²) >= 11 is 0. The Morgan fingerprint density at radius 1 is 1.12 bits per heavy atom. The molecule has 5 rings (SSSR count). The zero-order chi connectivity index (χ0) is 18.4. The van der Waals surface area contributed by atoms with Crippen molar-refractivity contribution in [1.29, 1.82) is 0 Å². The molecule has 0 radical (unpaired) electrons. The molecule has 4 aliphatic rings. The molecule has 0 aliphatic heterocycles. The topological polar surface area (TPSA) is 54.0 Å². The van der Waals surface area contributed by atoms with Crippen molar-refractivity contribution in [3.63, 3.8) is 0 Å². The van der Waals surface area contributed by atoms with Crippen LogP contribution in [0.15, 0.2) is 18.3 Å². The number of nitrogens with one attached hydrogen (secondary N) is 2. The number of carbonyl (C=O) groups is 1. The number of hydrogen-bond acceptors (Lipinski definition) is 3. The van der Waals surface area contributed by atoms with Gasteiger partial charge in [-0.15, -0.1) is 0 Å². The quantitative estimate of drug-likeness (QED) is 0.778. The summed E-state index contributed by atoms with van der Waals surface area (Å²) in [4.78, 5) is 16.6. The first-order chi connectivity index (χ1) is 12.4. The molecule has 4 fully saturated rings. The molecular formula is C19H24F3N3O. The maximum Gasteiger partial charge on any atom is 0.419 e. The van der Waals surface area contributed by atoms with Gasteiger partial charge < -0.3 is 10.6 Å². The number of nitrogens with zero attached hydrogens (tertiary/aromatic N) is 1. The highest BCUT2D eigenvalue weighted by Gasteiger charge is 2.54. The minimum Gasteiger partial charge on any atom is -0.368 e. The van der Waals surface area contributed by atoms with E-state index in [2.05, 4.69) is 15.6 Å². The number of pyridine rings is 1. The van der Waals surface area contributed by atoms with E-state index in [4.69, 9.17) is 0 Å². The van der Waals surface area contributed by atoms with E-state index in [1.165, 1.54) is 31.5 Å². The molecule has 142 valence electrons. The third-order valence-corrected chi connectivity index (χ3v) is 6.34. The van der Waals surface area contributed by atoms with Gasteiger partial charge in [-0.25, -0.2) is 4.98 Å². The second kappa shape index (κ2) is 6.43. The van der Waals surface area contributed by atoms with Gasteiger partial charge in [0, 0.05) is 24.7 Å². The summed E-state index contributed by atoms with van der Waals surface area (Å²) in [7, 11) is 0. The summed E-state index contributed by atoms with van der Waals surface area (Å²) in [6.07, 6.45) is 3.64. The highest BCUT2D eigenvalue weighted by atomic mass is 19.4. The Morgan fingerprint density at radius 2 is 1.73 bits per heavy atom. The highest BCUT2D eigenvalue weighted by Crippen LogP contribution is 2.60. The van der Waals surface area contributed by atoms with Crippen molar-refractivity contribution in [3.05, 3.63) is 23.9 Å². The molecule has 0 aromatic carbocycles.